The van der Waals surface area contributed by atoms with Gasteiger partial charge in [-0.2, -0.15) is 0 Å². The Morgan fingerprint density at radius 3 is 2.57 bits per heavy atom. The predicted molar refractivity (Wildman–Crippen MR) is 89.3 cm³/mol. The monoisotopic (exact) mass is 309 g/mol. The molecule has 1 aliphatic heterocycles. The lowest BCUT2D eigenvalue weighted by Crippen LogP contribution is -2.18. The number of amides is 1. The lowest BCUT2D eigenvalue weighted by atomic mass is 10.0. The molecule has 5 heteroatoms. The Labute approximate surface area is 135 Å². The van der Waals surface area contributed by atoms with Crippen LogP contribution in [0.2, 0.25) is 0 Å². The summed E-state index contributed by atoms with van der Waals surface area (Å²) in [6.45, 7) is 2.07. The summed E-state index contributed by atoms with van der Waals surface area (Å²) < 4.78 is 0. The molecule has 1 fully saturated rings. The molecule has 23 heavy (non-hydrogen) atoms. The van der Waals surface area contributed by atoms with Crippen molar-refractivity contribution in [1.29, 1.82) is 0 Å². The smallest absolute Gasteiger partial charge is 0.225 e. The number of carbonyl (C=O) groups excluding carboxylic acids is 2. The lowest BCUT2D eigenvalue weighted by Gasteiger charge is -2.17. The topological polar surface area (TPSA) is 76.3 Å². The molecule has 2 heterocycles. The minimum Gasteiger partial charge on any atom is -0.369 e. The van der Waals surface area contributed by atoms with E-state index >= 15 is 0 Å². The van der Waals surface area contributed by atoms with Crippen molar-refractivity contribution in [3.05, 3.63) is 48.2 Å². The van der Waals surface area contributed by atoms with Gasteiger partial charge in [-0.3, -0.25) is 9.59 Å². The highest BCUT2D eigenvalue weighted by Crippen LogP contribution is 2.26. The van der Waals surface area contributed by atoms with Crippen molar-refractivity contribution in [3.8, 4) is 11.1 Å². The molecule has 1 saturated heterocycles. The minimum absolute atomic E-state index is 0.256. The Morgan fingerprint density at radius 1 is 1.09 bits per heavy atom. The molecule has 1 amide bonds. The number of hydrogen-bond acceptors (Lipinski definition) is 4. The molecule has 0 saturated carbocycles. The number of pyridine rings is 1. The van der Waals surface area contributed by atoms with Crippen LogP contribution >= 0.6 is 0 Å². The molecule has 3 rings (SSSR count). The second-order valence-corrected chi connectivity index (χ2v) is 5.74. The number of nitrogens with two attached hydrogens (primary N) is 1. The van der Waals surface area contributed by atoms with Gasteiger partial charge in [-0.15, -0.1) is 0 Å². The first kappa shape index (κ1) is 15.2. The summed E-state index contributed by atoms with van der Waals surface area (Å²) in [5.74, 6) is 0.0997. The molecular weight excluding hydrogens is 290 g/mol. The number of Topliss-reactive ketones (excluding diaryl/α,β-unsaturated/α-hetero) is 1. The minimum atomic E-state index is -0.611. The van der Waals surface area contributed by atoms with Crippen molar-refractivity contribution in [2.45, 2.75) is 19.3 Å². The van der Waals surface area contributed by atoms with Crippen LogP contribution in [0.25, 0.3) is 11.1 Å². The van der Waals surface area contributed by atoms with Crippen molar-refractivity contribution >= 4 is 17.5 Å². The fraction of sp³-hybridized carbons (Fsp3) is 0.278. The molecule has 0 unspecified atom stereocenters. The zero-order valence-corrected chi connectivity index (χ0v) is 12.9. The van der Waals surface area contributed by atoms with Gasteiger partial charge in [-0.25, -0.2) is 4.98 Å². The summed E-state index contributed by atoms with van der Waals surface area (Å²) in [5.41, 5.74) is 7.54. The molecule has 1 aliphatic rings. The number of benzene rings is 1. The average Bonchev–Trinajstić information content (AvgIpc) is 3.09. The van der Waals surface area contributed by atoms with Gasteiger partial charge in [0.2, 0.25) is 5.91 Å². The van der Waals surface area contributed by atoms with Crippen molar-refractivity contribution < 1.29 is 9.59 Å². The quantitative estimate of drug-likeness (QED) is 0.679. The third kappa shape index (κ3) is 3.56. The Hall–Kier alpha value is -2.69. The largest absolute Gasteiger partial charge is 0.369 e. The second-order valence-electron chi connectivity index (χ2n) is 5.74. The Bertz CT molecular complexity index is 737. The third-order valence-corrected chi connectivity index (χ3v) is 4.03. The molecule has 2 N–H and O–H groups in total. The fourth-order valence-electron chi connectivity index (χ4n) is 2.85. The van der Waals surface area contributed by atoms with Gasteiger partial charge in [0.25, 0.3) is 0 Å². The number of rotatable bonds is 5. The molecule has 0 spiro atoms. The number of carbonyl (C=O) groups is 2. The predicted octanol–water partition coefficient (Wildman–Crippen LogP) is 2.41. The van der Waals surface area contributed by atoms with E-state index in [1.54, 1.807) is 18.3 Å². The molecule has 5 nitrogen and oxygen atoms in total. The molecule has 0 radical (unpaired) electrons. The van der Waals surface area contributed by atoms with Gasteiger partial charge in [0, 0.05) is 24.8 Å². The van der Waals surface area contributed by atoms with E-state index in [4.69, 9.17) is 5.73 Å². The molecule has 0 bridgehead atoms. The van der Waals surface area contributed by atoms with Gasteiger partial charge < -0.3 is 10.6 Å². The number of anilines is 1. The summed E-state index contributed by atoms with van der Waals surface area (Å²) in [4.78, 5) is 29.6. The van der Waals surface area contributed by atoms with Crippen LogP contribution < -0.4 is 10.6 Å². The molecular formula is C18H19N3O2. The van der Waals surface area contributed by atoms with Crippen molar-refractivity contribution in [2.24, 2.45) is 5.73 Å². The summed E-state index contributed by atoms with van der Waals surface area (Å²) in [6.07, 6.45) is 3.92. The van der Waals surface area contributed by atoms with E-state index in [2.05, 4.69) is 9.88 Å². The zero-order chi connectivity index (χ0) is 16.2. The number of nitrogens with zero attached hydrogens (tertiary/aromatic N) is 2. The molecule has 0 atom stereocenters. The van der Waals surface area contributed by atoms with Gasteiger partial charge >= 0.3 is 0 Å². The number of ketones is 1. The van der Waals surface area contributed by atoms with Crippen LogP contribution in [0.3, 0.4) is 0 Å². The van der Waals surface area contributed by atoms with E-state index in [1.807, 2.05) is 24.3 Å². The fourth-order valence-corrected chi connectivity index (χ4v) is 2.85. The highest BCUT2D eigenvalue weighted by Gasteiger charge is 2.14. The lowest BCUT2D eigenvalue weighted by molar-refractivity contribution is -0.117. The number of aromatic nitrogens is 1. The van der Waals surface area contributed by atoms with Gasteiger partial charge in [-0.1, -0.05) is 18.2 Å². The molecule has 1 aromatic heterocycles. The van der Waals surface area contributed by atoms with Crippen LogP contribution in [0.1, 0.15) is 29.6 Å². The highest BCUT2D eigenvalue weighted by atomic mass is 16.2. The van der Waals surface area contributed by atoms with E-state index in [9.17, 15) is 9.59 Å². The standard InChI is InChI=1S/C18H19N3O2/c19-17(23)12-16(22)15-5-3-4-13(10-15)14-6-7-20-18(11-14)21-8-1-2-9-21/h3-7,10-11H,1-2,8-9,12H2,(H2,19,23). The Morgan fingerprint density at radius 2 is 1.83 bits per heavy atom. The summed E-state index contributed by atoms with van der Waals surface area (Å²) >= 11 is 0. The molecule has 0 aliphatic carbocycles. The van der Waals surface area contributed by atoms with Gasteiger partial charge in [0.1, 0.15) is 5.82 Å². The van der Waals surface area contributed by atoms with Crippen molar-refractivity contribution in [2.75, 3.05) is 18.0 Å². The average molecular weight is 309 g/mol. The van der Waals surface area contributed by atoms with Crippen LogP contribution in [0.4, 0.5) is 5.82 Å². The Kier molecular flexibility index (Phi) is 4.37. The third-order valence-electron chi connectivity index (χ3n) is 4.03. The second kappa shape index (κ2) is 6.60. The van der Waals surface area contributed by atoms with Gasteiger partial charge in [-0.05, 0) is 42.2 Å². The zero-order valence-electron chi connectivity index (χ0n) is 12.9. The maximum atomic E-state index is 12.0. The number of primary amides is 1. The van der Waals surface area contributed by atoms with Crippen molar-refractivity contribution in [3.63, 3.8) is 0 Å². The van der Waals surface area contributed by atoms with Gasteiger partial charge in [0.05, 0.1) is 6.42 Å². The number of hydrogen-bond donors (Lipinski definition) is 1. The molecule has 118 valence electrons. The van der Waals surface area contributed by atoms with Crippen molar-refractivity contribution in [1.82, 2.24) is 4.98 Å². The first-order chi connectivity index (χ1) is 11.1. The summed E-state index contributed by atoms with van der Waals surface area (Å²) in [7, 11) is 0. The van der Waals surface area contributed by atoms with Crippen LogP contribution in [0.15, 0.2) is 42.6 Å². The SMILES string of the molecule is NC(=O)CC(=O)c1cccc(-c2ccnc(N3CCCC3)c2)c1. The van der Waals surface area contributed by atoms with Crippen LogP contribution in [0.5, 0.6) is 0 Å². The van der Waals surface area contributed by atoms with E-state index in [1.165, 1.54) is 12.8 Å². The molecule has 2 aromatic rings. The first-order valence-electron chi connectivity index (χ1n) is 7.76. The highest BCUT2D eigenvalue weighted by molar-refractivity contribution is 6.07. The first-order valence-corrected chi connectivity index (χ1v) is 7.76. The summed E-state index contributed by atoms with van der Waals surface area (Å²) in [5, 5.41) is 0. The normalized spacial score (nSPS) is 14.0. The maximum Gasteiger partial charge on any atom is 0.225 e. The van der Waals surface area contributed by atoms with Crippen LogP contribution in [0, 0.1) is 0 Å². The molecule has 1 aromatic carbocycles. The Balaban J connectivity index is 1.88. The summed E-state index contributed by atoms with van der Waals surface area (Å²) in [6, 6.07) is 11.2. The van der Waals surface area contributed by atoms with Crippen LogP contribution in [-0.4, -0.2) is 29.8 Å². The van der Waals surface area contributed by atoms with E-state index in [0.29, 0.717) is 5.56 Å². The van der Waals surface area contributed by atoms with E-state index in [-0.39, 0.29) is 12.2 Å². The maximum absolute atomic E-state index is 12.0. The van der Waals surface area contributed by atoms with Gasteiger partial charge in [0.15, 0.2) is 5.78 Å². The van der Waals surface area contributed by atoms with Crippen LogP contribution in [-0.2, 0) is 4.79 Å². The van der Waals surface area contributed by atoms with E-state index < -0.39 is 5.91 Å². The van der Waals surface area contributed by atoms with E-state index in [0.717, 1.165) is 30.0 Å².